The van der Waals surface area contributed by atoms with Crippen LogP contribution in [0.3, 0.4) is 0 Å². The topological polar surface area (TPSA) is 122 Å². The molecule has 0 fully saturated rings. The zero-order chi connectivity index (χ0) is 16.0. The number of hydrogen-bond acceptors (Lipinski definition) is 5. The quantitative estimate of drug-likeness (QED) is 0.699. The van der Waals surface area contributed by atoms with Gasteiger partial charge >= 0.3 is 0 Å². The molecule has 0 bridgehead atoms. The summed E-state index contributed by atoms with van der Waals surface area (Å²) >= 11 is 8.99. The van der Waals surface area contributed by atoms with E-state index >= 15 is 0 Å². The molecule has 0 aliphatic heterocycles. The molecule has 21 heavy (non-hydrogen) atoms. The van der Waals surface area contributed by atoms with Crippen molar-refractivity contribution in [1.29, 1.82) is 5.26 Å². The highest BCUT2D eigenvalue weighted by Crippen LogP contribution is 2.34. The van der Waals surface area contributed by atoms with Gasteiger partial charge in [-0.3, -0.25) is 4.79 Å². The van der Waals surface area contributed by atoms with Gasteiger partial charge in [-0.15, -0.1) is 0 Å². The summed E-state index contributed by atoms with van der Waals surface area (Å²) in [5.41, 5.74) is 0. The maximum absolute atomic E-state index is 11.5. The van der Waals surface area contributed by atoms with Crippen LogP contribution in [-0.4, -0.2) is 27.5 Å². The molecule has 0 saturated carbocycles. The maximum atomic E-state index is 11.5. The number of carbonyl (C=O) groups excluding carboxylic acids is 1. The van der Waals surface area contributed by atoms with Crippen LogP contribution < -0.4 is 15.2 Å². The fraction of sp³-hybridized carbons (Fsp3) is 0.273. The van der Waals surface area contributed by atoms with Crippen LogP contribution in [0.2, 0.25) is 5.02 Å². The minimum atomic E-state index is -4.06. The number of nitrogens with zero attached hydrogens (tertiary/aromatic N) is 1. The van der Waals surface area contributed by atoms with Crippen molar-refractivity contribution in [3.63, 3.8) is 0 Å². The molecule has 1 aromatic carbocycles. The third kappa shape index (κ3) is 5.51. The monoisotopic (exact) mass is 395 g/mol. The second kappa shape index (κ2) is 7.61. The number of halogens is 2. The van der Waals surface area contributed by atoms with Crippen molar-refractivity contribution in [3.8, 4) is 11.8 Å². The number of rotatable bonds is 6. The number of nitrogens with one attached hydrogen (secondary N) is 1. The van der Waals surface area contributed by atoms with E-state index in [1.165, 1.54) is 12.1 Å². The van der Waals surface area contributed by atoms with E-state index in [4.69, 9.17) is 26.7 Å². The first kappa shape index (κ1) is 17.7. The van der Waals surface area contributed by atoms with Gasteiger partial charge in [0.25, 0.3) is 5.91 Å². The summed E-state index contributed by atoms with van der Waals surface area (Å²) < 4.78 is 28.5. The van der Waals surface area contributed by atoms with E-state index in [-0.39, 0.29) is 28.6 Å². The molecule has 0 aliphatic carbocycles. The Labute approximate surface area is 135 Å². The van der Waals surface area contributed by atoms with E-state index in [9.17, 15) is 13.2 Å². The Hall–Kier alpha value is -1.34. The highest BCUT2D eigenvalue weighted by Gasteiger charge is 2.20. The predicted octanol–water partition coefficient (Wildman–Crippen LogP) is 1.16. The number of sulfonamides is 1. The van der Waals surface area contributed by atoms with Gasteiger partial charge in [-0.2, -0.15) is 5.26 Å². The van der Waals surface area contributed by atoms with E-state index in [1.807, 2.05) is 6.07 Å². The molecule has 1 rings (SSSR count). The van der Waals surface area contributed by atoms with Gasteiger partial charge in [-0.1, -0.05) is 27.5 Å². The summed E-state index contributed by atoms with van der Waals surface area (Å²) in [6.07, 6.45) is 0.160. The Balaban J connectivity index is 2.89. The molecule has 0 unspecified atom stereocenters. The number of primary sulfonamides is 1. The van der Waals surface area contributed by atoms with Crippen LogP contribution in [-0.2, 0) is 14.8 Å². The lowest BCUT2D eigenvalue weighted by Crippen LogP contribution is -2.30. The van der Waals surface area contributed by atoms with Crippen molar-refractivity contribution in [2.45, 2.75) is 11.3 Å². The summed E-state index contributed by atoms with van der Waals surface area (Å²) in [6, 6.07) is 4.51. The molecule has 3 N–H and O–H groups in total. The normalized spacial score (nSPS) is 10.8. The molecule has 7 nitrogen and oxygen atoms in total. The molecule has 0 spiro atoms. The van der Waals surface area contributed by atoms with Crippen LogP contribution in [0, 0.1) is 11.3 Å². The summed E-state index contributed by atoms with van der Waals surface area (Å²) in [6.45, 7) is -0.274. The van der Waals surface area contributed by atoms with Crippen molar-refractivity contribution < 1.29 is 17.9 Å². The standard InChI is InChI=1S/C11H11BrClN3O4S/c12-7-4-8(13)11(9(5-7)21(15,18)19)20-6-10(17)16-3-1-2-14/h4-5H,1,3,6H2,(H,16,17)(H2,15,18,19). The van der Waals surface area contributed by atoms with Crippen LogP contribution in [0.4, 0.5) is 0 Å². The number of nitriles is 1. The lowest BCUT2D eigenvalue weighted by molar-refractivity contribution is -0.123. The van der Waals surface area contributed by atoms with Crippen molar-refractivity contribution in [3.05, 3.63) is 21.6 Å². The van der Waals surface area contributed by atoms with Gasteiger partial charge in [0, 0.05) is 11.0 Å². The summed E-state index contributed by atoms with van der Waals surface area (Å²) in [4.78, 5) is 11.1. The number of benzene rings is 1. The molecule has 10 heteroatoms. The first-order valence-corrected chi connectivity index (χ1v) is 8.25. The highest BCUT2D eigenvalue weighted by molar-refractivity contribution is 9.10. The van der Waals surface area contributed by atoms with Gasteiger partial charge < -0.3 is 10.1 Å². The van der Waals surface area contributed by atoms with E-state index in [1.54, 1.807) is 0 Å². The molecular weight excluding hydrogens is 386 g/mol. The molecule has 1 amide bonds. The number of nitrogens with two attached hydrogens (primary N) is 1. The Kier molecular flexibility index (Phi) is 6.42. The largest absolute Gasteiger partial charge is 0.481 e. The van der Waals surface area contributed by atoms with E-state index < -0.39 is 22.5 Å². The zero-order valence-electron chi connectivity index (χ0n) is 10.6. The summed E-state index contributed by atoms with van der Waals surface area (Å²) in [5, 5.41) is 15.8. The average Bonchev–Trinajstić information content (AvgIpc) is 2.36. The smallest absolute Gasteiger partial charge is 0.257 e. The molecule has 0 atom stereocenters. The van der Waals surface area contributed by atoms with Crippen molar-refractivity contribution in [2.75, 3.05) is 13.2 Å². The fourth-order valence-corrected chi connectivity index (χ4v) is 3.12. The minimum Gasteiger partial charge on any atom is -0.481 e. The lowest BCUT2D eigenvalue weighted by Gasteiger charge is -2.12. The van der Waals surface area contributed by atoms with Gasteiger partial charge in [-0.05, 0) is 12.1 Å². The Morgan fingerprint density at radius 3 is 2.76 bits per heavy atom. The number of ether oxygens (including phenoxy) is 1. The third-order valence-corrected chi connectivity index (χ3v) is 3.84. The van der Waals surface area contributed by atoms with Crippen LogP contribution in [0.5, 0.6) is 5.75 Å². The third-order valence-electron chi connectivity index (χ3n) is 2.19. The highest BCUT2D eigenvalue weighted by atomic mass is 79.9. The predicted molar refractivity (Wildman–Crippen MR) is 79.3 cm³/mol. The van der Waals surface area contributed by atoms with Crippen molar-refractivity contribution in [2.24, 2.45) is 5.14 Å². The Morgan fingerprint density at radius 2 is 2.19 bits per heavy atom. The number of carbonyl (C=O) groups is 1. The minimum absolute atomic E-state index is 0.00164. The molecular formula is C11H11BrClN3O4S. The van der Waals surface area contributed by atoms with Crippen LogP contribution in [0.15, 0.2) is 21.5 Å². The first-order valence-electron chi connectivity index (χ1n) is 5.54. The van der Waals surface area contributed by atoms with E-state index in [0.29, 0.717) is 4.47 Å². The fourth-order valence-electron chi connectivity index (χ4n) is 1.33. The van der Waals surface area contributed by atoms with E-state index in [2.05, 4.69) is 21.2 Å². The van der Waals surface area contributed by atoms with Gasteiger partial charge in [0.15, 0.2) is 12.4 Å². The van der Waals surface area contributed by atoms with Gasteiger partial charge in [0.1, 0.15) is 4.90 Å². The van der Waals surface area contributed by atoms with Gasteiger partial charge in [-0.25, -0.2) is 13.6 Å². The van der Waals surface area contributed by atoms with Crippen molar-refractivity contribution >= 4 is 43.5 Å². The molecule has 114 valence electrons. The van der Waals surface area contributed by atoms with Crippen molar-refractivity contribution in [1.82, 2.24) is 5.32 Å². The van der Waals surface area contributed by atoms with E-state index in [0.717, 1.165) is 0 Å². The number of hydrogen-bond donors (Lipinski definition) is 2. The second-order valence-electron chi connectivity index (χ2n) is 3.81. The van der Waals surface area contributed by atoms with Crippen LogP contribution in [0.25, 0.3) is 0 Å². The molecule has 0 heterocycles. The van der Waals surface area contributed by atoms with Gasteiger partial charge in [0.2, 0.25) is 10.0 Å². The lowest BCUT2D eigenvalue weighted by atomic mass is 10.3. The maximum Gasteiger partial charge on any atom is 0.257 e. The SMILES string of the molecule is N#CCCNC(=O)COc1c(Cl)cc(Br)cc1S(N)(=O)=O. The Morgan fingerprint density at radius 1 is 1.52 bits per heavy atom. The molecule has 0 aromatic heterocycles. The Bertz CT molecular complexity index is 687. The molecule has 0 aliphatic rings. The molecule has 0 radical (unpaired) electrons. The number of amides is 1. The second-order valence-corrected chi connectivity index (χ2v) is 6.66. The van der Waals surface area contributed by atoms with Crippen LogP contribution >= 0.6 is 27.5 Å². The van der Waals surface area contributed by atoms with Gasteiger partial charge in [0.05, 0.1) is 17.5 Å². The average molecular weight is 397 g/mol. The summed E-state index contributed by atoms with van der Waals surface area (Å²) in [5.74, 6) is -0.706. The molecule has 0 saturated heterocycles. The zero-order valence-corrected chi connectivity index (χ0v) is 13.8. The molecule has 1 aromatic rings. The first-order chi connectivity index (χ1) is 9.75. The van der Waals surface area contributed by atoms with Crippen LogP contribution in [0.1, 0.15) is 6.42 Å². The summed E-state index contributed by atoms with van der Waals surface area (Å²) in [7, 11) is -4.06.